The van der Waals surface area contributed by atoms with E-state index in [4.69, 9.17) is 0 Å². The molecule has 18 heavy (non-hydrogen) atoms. The predicted octanol–water partition coefficient (Wildman–Crippen LogP) is 0.975. The van der Waals surface area contributed by atoms with Crippen molar-refractivity contribution >= 4 is 5.91 Å². The molecule has 2 aliphatic rings. The largest absolute Gasteiger partial charge is 0.352 e. The molecule has 1 heterocycles. The maximum Gasteiger partial charge on any atom is 0.223 e. The molecule has 4 heteroatoms. The first-order valence-corrected chi connectivity index (χ1v) is 7.35. The summed E-state index contributed by atoms with van der Waals surface area (Å²) in [5.41, 5.74) is 0. The summed E-state index contributed by atoms with van der Waals surface area (Å²) in [4.78, 5) is 14.5. The second-order valence-corrected chi connectivity index (χ2v) is 5.95. The predicted molar refractivity (Wildman–Crippen MR) is 73.5 cm³/mol. The number of rotatable bonds is 3. The highest BCUT2D eigenvalue weighted by molar-refractivity contribution is 5.79. The van der Waals surface area contributed by atoms with Gasteiger partial charge in [-0.05, 0) is 59.2 Å². The van der Waals surface area contributed by atoms with Crippen LogP contribution in [0.25, 0.3) is 0 Å². The number of carbonyl (C=O) groups is 1. The smallest absolute Gasteiger partial charge is 0.223 e. The molecular weight excluding hydrogens is 226 g/mol. The van der Waals surface area contributed by atoms with E-state index in [2.05, 4.69) is 22.6 Å². The van der Waals surface area contributed by atoms with E-state index >= 15 is 0 Å². The lowest BCUT2D eigenvalue weighted by atomic mass is 9.85. The van der Waals surface area contributed by atoms with Gasteiger partial charge < -0.3 is 15.5 Å². The van der Waals surface area contributed by atoms with E-state index in [1.165, 1.54) is 13.0 Å². The highest BCUT2D eigenvalue weighted by atomic mass is 16.1. The Hall–Kier alpha value is -0.610. The first kappa shape index (κ1) is 13.8. The van der Waals surface area contributed by atoms with Gasteiger partial charge >= 0.3 is 0 Å². The molecule has 1 amide bonds. The van der Waals surface area contributed by atoms with Crippen LogP contribution in [0.1, 0.15) is 38.5 Å². The minimum atomic E-state index is 0.252. The second kappa shape index (κ2) is 6.53. The summed E-state index contributed by atoms with van der Waals surface area (Å²) in [6, 6.07) is 0.994. The van der Waals surface area contributed by atoms with Crippen LogP contribution in [0.4, 0.5) is 0 Å². The Kier molecular flexibility index (Phi) is 5.01. The summed E-state index contributed by atoms with van der Waals surface area (Å²) in [5.74, 6) is 0.548. The molecule has 1 atom stereocenters. The fourth-order valence-electron chi connectivity index (χ4n) is 3.25. The highest BCUT2D eigenvalue weighted by Crippen LogP contribution is 2.24. The van der Waals surface area contributed by atoms with Gasteiger partial charge in [-0.15, -0.1) is 0 Å². The maximum atomic E-state index is 12.2. The lowest BCUT2D eigenvalue weighted by Crippen LogP contribution is -2.48. The molecule has 0 aromatic rings. The number of nitrogens with zero attached hydrogens (tertiary/aromatic N) is 1. The number of carbonyl (C=O) groups excluding carboxylic acids is 1. The van der Waals surface area contributed by atoms with E-state index in [1.807, 2.05) is 7.05 Å². The van der Waals surface area contributed by atoms with Crippen molar-refractivity contribution in [1.29, 1.82) is 0 Å². The van der Waals surface area contributed by atoms with Crippen LogP contribution in [0.2, 0.25) is 0 Å². The van der Waals surface area contributed by atoms with E-state index in [0.717, 1.165) is 38.6 Å². The van der Waals surface area contributed by atoms with Gasteiger partial charge in [-0.2, -0.15) is 0 Å². The van der Waals surface area contributed by atoms with Crippen molar-refractivity contribution in [1.82, 2.24) is 15.5 Å². The standard InChI is InChI=1S/C14H27N3O/c1-15-12-7-5-11(6-8-12)14(18)16-13-4-3-9-17(2)10-13/h11-13,15H,3-10H2,1-2H3,(H,16,18). The monoisotopic (exact) mass is 253 g/mol. The number of nitrogens with one attached hydrogen (secondary N) is 2. The van der Waals surface area contributed by atoms with Crippen LogP contribution in [0, 0.1) is 5.92 Å². The molecule has 1 aliphatic carbocycles. The van der Waals surface area contributed by atoms with E-state index in [0.29, 0.717) is 18.0 Å². The second-order valence-electron chi connectivity index (χ2n) is 5.95. The number of likely N-dealkylation sites (tertiary alicyclic amines) is 1. The Labute approximate surface area is 110 Å². The normalized spacial score (nSPS) is 34.2. The first-order valence-electron chi connectivity index (χ1n) is 7.35. The van der Waals surface area contributed by atoms with Crippen LogP contribution in [0.3, 0.4) is 0 Å². The molecule has 1 aliphatic heterocycles. The van der Waals surface area contributed by atoms with Gasteiger partial charge in [0.25, 0.3) is 0 Å². The molecule has 2 rings (SSSR count). The molecule has 0 aromatic heterocycles. The molecule has 104 valence electrons. The van der Waals surface area contributed by atoms with Crippen molar-refractivity contribution in [2.45, 2.75) is 50.6 Å². The summed E-state index contributed by atoms with van der Waals surface area (Å²) in [6.45, 7) is 2.18. The van der Waals surface area contributed by atoms with Crippen molar-refractivity contribution in [2.75, 3.05) is 27.2 Å². The van der Waals surface area contributed by atoms with Gasteiger partial charge in [-0.3, -0.25) is 4.79 Å². The Morgan fingerprint density at radius 1 is 1.11 bits per heavy atom. The van der Waals surface area contributed by atoms with Gasteiger partial charge in [0.05, 0.1) is 0 Å². The van der Waals surface area contributed by atoms with Gasteiger partial charge in [0.15, 0.2) is 0 Å². The zero-order valence-electron chi connectivity index (χ0n) is 11.7. The molecule has 0 bridgehead atoms. The molecule has 0 radical (unpaired) electrons. The van der Waals surface area contributed by atoms with Crippen LogP contribution in [0.15, 0.2) is 0 Å². The average Bonchev–Trinajstić information content (AvgIpc) is 2.39. The van der Waals surface area contributed by atoms with Crippen molar-refractivity contribution in [3.63, 3.8) is 0 Å². The molecule has 1 saturated carbocycles. The number of hydrogen-bond acceptors (Lipinski definition) is 3. The van der Waals surface area contributed by atoms with Crippen LogP contribution in [-0.4, -0.2) is 50.1 Å². The fourth-order valence-corrected chi connectivity index (χ4v) is 3.25. The summed E-state index contributed by atoms with van der Waals surface area (Å²) < 4.78 is 0. The Morgan fingerprint density at radius 3 is 2.44 bits per heavy atom. The van der Waals surface area contributed by atoms with Crippen LogP contribution in [-0.2, 0) is 4.79 Å². The van der Waals surface area contributed by atoms with E-state index < -0.39 is 0 Å². The van der Waals surface area contributed by atoms with Crippen LogP contribution >= 0.6 is 0 Å². The molecule has 0 spiro atoms. The van der Waals surface area contributed by atoms with Crippen molar-refractivity contribution in [2.24, 2.45) is 5.92 Å². The summed E-state index contributed by atoms with van der Waals surface area (Å²) in [5, 5.41) is 6.56. The van der Waals surface area contributed by atoms with Crippen LogP contribution < -0.4 is 10.6 Å². The zero-order chi connectivity index (χ0) is 13.0. The lowest BCUT2D eigenvalue weighted by molar-refractivity contribution is -0.127. The van der Waals surface area contributed by atoms with Gasteiger partial charge in [0.2, 0.25) is 5.91 Å². The topological polar surface area (TPSA) is 44.4 Å². The van der Waals surface area contributed by atoms with Gasteiger partial charge in [0, 0.05) is 24.5 Å². The van der Waals surface area contributed by atoms with Gasteiger partial charge in [-0.25, -0.2) is 0 Å². The zero-order valence-corrected chi connectivity index (χ0v) is 11.7. The van der Waals surface area contributed by atoms with Crippen molar-refractivity contribution < 1.29 is 4.79 Å². The SMILES string of the molecule is CNC1CCC(C(=O)NC2CCCN(C)C2)CC1. The lowest BCUT2D eigenvalue weighted by Gasteiger charge is -2.33. The average molecular weight is 253 g/mol. The number of hydrogen-bond donors (Lipinski definition) is 2. The number of piperidine rings is 1. The summed E-state index contributed by atoms with van der Waals surface area (Å²) >= 11 is 0. The first-order chi connectivity index (χ1) is 8.69. The third-order valence-corrected chi connectivity index (χ3v) is 4.48. The summed E-state index contributed by atoms with van der Waals surface area (Å²) in [7, 11) is 4.15. The number of amides is 1. The van der Waals surface area contributed by atoms with E-state index in [9.17, 15) is 4.79 Å². The molecule has 1 saturated heterocycles. The minimum Gasteiger partial charge on any atom is -0.352 e. The molecule has 4 nitrogen and oxygen atoms in total. The molecule has 2 fully saturated rings. The van der Waals surface area contributed by atoms with Crippen molar-refractivity contribution in [3.8, 4) is 0 Å². The van der Waals surface area contributed by atoms with Gasteiger partial charge in [-0.1, -0.05) is 0 Å². The molecule has 0 aromatic carbocycles. The Morgan fingerprint density at radius 2 is 1.83 bits per heavy atom. The fraction of sp³-hybridized carbons (Fsp3) is 0.929. The maximum absolute atomic E-state index is 12.2. The minimum absolute atomic E-state index is 0.252. The van der Waals surface area contributed by atoms with Gasteiger partial charge in [0.1, 0.15) is 0 Å². The highest BCUT2D eigenvalue weighted by Gasteiger charge is 2.27. The molecule has 2 N–H and O–H groups in total. The Bertz CT molecular complexity index is 274. The Balaban J connectivity index is 1.74. The third-order valence-electron chi connectivity index (χ3n) is 4.48. The van der Waals surface area contributed by atoms with E-state index in [1.54, 1.807) is 0 Å². The van der Waals surface area contributed by atoms with E-state index in [-0.39, 0.29) is 5.92 Å². The molecule has 1 unspecified atom stereocenters. The molecular formula is C14H27N3O. The van der Waals surface area contributed by atoms with Crippen LogP contribution in [0.5, 0.6) is 0 Å². The number of likely N-dealkylation sites (N-methyl/N-ethyl adjacent to an activating group) is 1. The van der Waals surface area contributed by atoms with Crippen molar-refractivity contribution in [3.05, 3.63) is 0 Å². The third kappa shape index (κ3) is 3.69. The quantitative estimate of drug-likeness (QED) is 0.788. The summed E-state index contributed by atoms with van der Waals surface area (Å²) in [6.07, 6.45) is 6.70.